The Hall–Kier alpha value is -3.14. The number of nitrogens with zero attached hydrogens (tertiary/aromatic N) is 2. The maximum atomic E-state index is 12.8. The van der Waals surface area contributed by atoms with Crippen LogP contribution in [0.25, 0.3) is 6.08 Å². The summed E-state index contributed by atoms with van der Waals surface area (Å²) in [6.45, 7) is 0.194. The molecule has 0 spiro atoms. The van der Waals surface area contributed by atoms with E-state index in [2.05, 4.69) is 15.9 Å². The minimum atomic E-state index is -0.529. The number of imide groups is 1. The third-order valence-electron chi connectivity index (χ3n) is 4.95. The molecule has 1 fully saturated rings. The van der Waals surface area contributed by atoms with Gasteiger partial charge in [-0.2, -0.15) is 0 Å². The normalized spacial score (nSPS) is 14.6. The molecule has 0 unspecified atom stereocenters. The van der Waals surface area contributed by atoms with Crippen LogP contribution in [0.3, 0.4) is 0 Å². The number of rotatable bonds is 7. The number of ether oxygens (including phenoxy) is 1. The summed E-state index contributed by atoms with van der Waals surface area (Å²) in [6.07, 6.45) is 1.61. The van der Waals surface area contributed by atoms with Gasteiger partial charge in [0.15, 0.2) is 0 Å². The minimum absolute atomic E-state index is 0.136. The van der Waals surface area contributed by atoms with Gasteiger partial charge in [0.2, 0.25) is 0 Å². The summed E-state index contributed by atoms with van der Waals surface area (Å²) in [5.74, 6) is 0.129. The van der Waals surface area contributed by atoms with Crippen LogP contribution >= 0.6 is 39.3 Å². The summed E-state index contributed by atoms with van der Waals surface area (Å²) in [5.41, 5.74) is 1.82. The molecule has 1 saturated heterocycles. The van der Waals surface area contributed by atoms with E-state index in [0.717, 1.165) is 22.2 Å². The number of nitro benzene ring substituents is 1. The molecule has 7 nitrogen and oxygen atoms in total. The number of carbonyl (C=O) groups is 2. The summed E-state index contributed by atoms with van der Waals surface area (Å²) in [4.78, 5) is 37.3. The number of hydrogen-bond donors (Lipinski definition) is 0. The van der Waals surface area contributed by atoms with E-state index in [1.165, 1.54) is 18.2 Å². The molecule has 3 aromatic rings. The van der Waals surface area contributed by atoms with Gasteiger partial charge in [-0.3, -0.25) is 24.6 Å². The predicted molar refractivity (Wildman–Crippen MR) is 135 cm³/mol. The van der Waals surface area contributed by atoms with Gasteiger partial charge in [-0.05, 0) is 69.2 Å². The highest BCUT2D eigenvalue weighted by atomic mass is 79.9. The fourth-order valence-electron chi connectivity index (χ4n) is 3.25. The molecule has 172 valence electrons. The lowest BCUT2D eigenvalue weighted by atomic mass is 10.1. The van der Waals surface area contributed by atoms with Crippen molar-refractivity contribution in [3.8, 4) is 5.75 Å². The Balaban J connectivity index is 1.47. The van der Waals surface area contributed by atoms with E-state index in [1.807, 2.05) is 12.1 Å². The Morgan fingerprint density at radius 3 is 2.53 bits per heavy atom. The zero-order valence-corrected chi connectivity index (χ0v) is 20.6. The SMILES string of the molecule is O=C1S/C(=C/c2ccc(OCc3ccc(Cl)cc3)c(Br)c2)C(=O)N1Cc1ccccc1[N+](=O)[O-]. The van der Waals surface area contributed by atoms with E-state index in [-0.39, 0.29) is 17.1 Å². The zero-order valence-electron chi connectivity index (χ0n) is 17.4. The lowest BCUT2D eigenvalue weighted by Crippen LogP contribution is -2.27. The highest BCUT2D eigenvalue weighted by molar-refractivity contribution is 9.10. The first-order valence-electron chi connectivity index (χ1n) is 9.96. The summed E-state index contributed by atoms with van der Waals surface area (Å²) >= 11 is 10.2. The van der Waals surface area contributed by atoms with Crippen LogP contribution < -0.4 is 4.74 Å². The zero-order chi connectivity index (χ0) is 24.2. The van der Waals surface area contributed by atoms with Gasteiger partial charge in [0, 0.05) is 16.7 Å². The van der Waals surface area contributed by atoms with Crippen molar-refractivity contribution in [1.82, 2.24) is 4.90 Å². The van der Waals surface area contributed by atoms with Crippen LogP contribution in [0, 0.1) is 10.1 Å². The van der Waals surface area contributed by atoms with Gasteiger partial charge in [-0.25, -0.2) is 0 Å². The lowest BCUT2D eigenvalue weighted by molar-refractivity contribution is -0.385. The van der Waals surface area contributed by atoms with Gasteiger partial charge in [-0.15, -0.1) is 0 Å². The van der Waals surface area contributed by atoms with Gasteiger partial charge >= 0.3 is 0 Å². The first-order valence-corrected chi connectivity index (χ1v) is 11.9. The maximum Gasteiger partial charge on any atom is 0.293 e. The van der Waals surface area contributed by atoms with Gasteiger partial charge < -0.3 is 4.74 Å². The van der Waals surface area contributed by atoms with Crippen molar-refractivity contribution in [3.63, 3.8) is 0 Å². The number of thioether (sulfide) groups is 1. The van der Waals surface area contributed by atoms with Crippen molar-refractivity contribution in [2.24, 2.45) is 0 Å². The molecule has 3 aromatic carbocycles. The number of benzene rings is 3. The first kappa shape index (κ1) is 24.0. The molecule has 1 aliphatic heterocycles. The van der Waals surface area contributed by atoms with Crippen molar-refractivity contribution >= 4 is 62.2 Å². The van der Waals surface area contributed by atoms with E-state index in [1.54, 1.807) is 42.5 Å². The average Bonchev–Trinajstić information content (AvgIpc) is 3.07. The molecule has 0 aliphatic carbocycles. The molecule has 0 saturated carbocycles. The van der Waals surface area contributed by atoms with Crippen LogP contribution in [0.4, 0.5) is 10.5 Å². The van der Waals surface area contributed by atoms with Crippen molar-refractivity contribution < 1.29 is 19.2 Å². The highest BCUT2D eigenvalue weighted by Crippen LogP contribution is 2.35. The van der Waals surface area contributed by atoms with E-state index < -0.39 is 16.1 Å². The molecular weight excluding hydrogens is 544 g/mol. The Bertz CT molecular complexity index is 1310. The molecule has 0 atom stereocenters. The third kappa shape index (κ3) is 5.49. The number of carbonyl (C=O) groups excluding carboxylic acids is 2. The molecule has 10 heteroatoms. The fraction of sp³-hybridized carbons (Fsp3) is 0.0833. The van der Waals surface area contributed by atoms with Crippen molar-refractivity contribution in [2.45, 2.75) is 13.2 Å². The Kier molecular flexibility index (Phi) is 7.35. The van der Waals surface area contributed by atoms with E-state index in [4.69, 9.17) is 16.3 Å². The average molecular weight is 560 g/mol. The van der Waals surface area contributed by atoms with Crippen LogP contribution in [-0.4, -0.2) is 21.0 Å². The quantitative estimate of drug-likeness (QED) is 0.179. The number of hydrogen-bond acceptors (Lipinski definition) is 6. The van der Waals surface area contributed by atoms with Gasteiger partial charge in [0.1, 0.15) is 12.4 Å². The van der Waals surface area contributed by atoms with Crippen LogP contribution in [0.5, 0.6) is 5.75 Å². The second-order valence-corrected chi connectivity index (χ2v) is 9.54. The number of amides is 2. The Morgan fingerprint density at radius 2 is 1.82 bits per heavy atom. The molecule has 1 aliphatic rings. The molecule has 0 aromatic heterocycles. The summed E-state index contributed by atoms with van der Waals surface area (Å²) in [6, 6.07) is 18.7. The van der Waals surface area contributed by atoms with Gasteiger partial charge in [0.05, 0.1) is 20.8 Å². The fourth-order valence-corrected chi connectivity index (χ4v) is 4.72. The van der Waals surface area contributed by atoms with Crippen molar-refractivity contribution in [3.05, 3.63) is 108 Å². The third-order valence-corrected chi connectivity index (χ3v) is 6.73. The number of halogens is 2. The van der Waals surface area contributed by atoms with Crippen LogP contribution in [0.2, 0.25) is 5.02 Å². The molecule has 34 heavy (non-hydrogen) atoms. The van der Waals surface area contributed by atoms with Crippen LogP contribution in [0.1, 0.15) is 16.7 Å². The van der Waals surface area contributed by atoms with Gasteiger partial charge in [-0.1, -0.05) is 48.0 Å². The summed E-state index contributed by atoms with van der Waals surface area (Å²) < 4.78 is 6.53. The second kappa shape index (κ2) is 10.4. The molecule has 0 bridgehead atoms. The predicted octanol–water partition coefficient (Wildman–Crippen LogP) is 6.83. The van der Waals surface area contributed by atoms with Crippen LogP contribution in [-0.2, 0) is 17.9 Å². The molecule has 4 rings (SSSR count). The second-order valence-electron chi connectivity index (χ2n) is 7.26. The van der Waals surface area contributed by atoms with Crippen molar-refractivity contribution in [2.75, 3.05) is 0 Å². The van der Waals surface area contributed by atoms with Gasteiger partial charge in [0.25, 0.3) is 16.8 Å². The number of para-hydroxylation sites is 1. The summed E-state index contributed by atoms with van der Waals surface area (Å²) in [5, 5.41) is 11.4. The topological polar surface area (TPSA) is 89.8 Å². The maximum absolute atomic E-state index is 12.8. The summed E-state index contributed by atoms with van der Waals surface area (Å²) in [7, 11) is 0. The van der Waals surface area contributed by atoms with E-state index in [9.17, 15) is 19.7 Å². The molecule has 0 N–H and O–H groups in total. The molecule has 2 amide bonds. The van der Waals surface area contributed by atoms with Crippen LogP contribution in [0.15, 0.2) is 76.1 Å². The minimum Gasteiger partial charge on any atom is -0.488 e. The smallest absolute Gasteiger partial charge is 0.293 e. The van der Waals surface area contributed by atoms with E-state index >= 15 is 0 Å². The van der Waals surface area contributed by atoms with E-state index in [0.29, 0.717) is 33.0 Å². The lowest BCUT2D eigenvalue weighted by Gasteiger charge is -2.12. The van der Waals surface area contributed by atoms with Crippen molar-refractivity contribution in [1.29, 1.82) is 0 Å². The highest BCUT2D eigenvalue weighted by Gasteiger charge is 2.36. The molecular formula is C24H16BrClN2O5S. The standard InChI is InChI=1S/C24H16BrClN2O5S/c25-19-11-16(7-10-21(19)33-14-15-5-8-18(26)9-6-15)12-22-23(29)27(24(30)34-22)13-17-3-1-2-4-20(17)28(31)32/h1-12H,13-14H2/b22-12+. The largest absolute Gasteiger partial charge is 0.488 e. The monoisotopic (exact) mass is 558 g/mol. The Labute approximate surface area is 212 Å². The number of nitro groups is 1. The Morgan fingerprint density at radius 1 is 1.09 bits per heavy atom. The molecule has 0 radical (unpaired) electrons. The molecule has 1 heterocycles. The first-order chi connectivity index (χ1) is 16.3.